The number of hydrogen-bond acceptors (Lipinski definition) is 4. The van der Waals surface area contributed by atoms with Crippen molar-refractivity contribution in [2.45, 2.75) is 20.3 Å². The van der Waals surface area contributed by atoms with E-state index in [1.807, 2.05) is 0 Å². The third-order valence-electron chi connectivity index (χ3n) is 3.33. The number of nitrogens with zero attached hydrogens (tertiary/aromatic N) is 2. The lowest BCUT2D eigenvalue weighted by Gasteiger charge is -2.20. The van der Waals surface area contributed by atoms with E-state index in [0.717, 1.165) is 13.0 Å². The Morgan fingerprint density at radius 1 is 1.43 bits per heavy atom. The summed E-state index contributed by atoms with van der Waals surface area (Å²) in [6, 6.07) is 6.68. The first kappa shape index (κ1) is 16.8. The summed E-state index contributed by atoms with van der Waals surface area (Å²) >= 11 is 0. The van der Waals surface area contributed by atoms with Gasteiger partial charge in [-0.15, -0.1) is 0 Å². The first-order chi connectivity index (χ1) is 9.97. The fourth-order valence-corrected chi connectivity index (χ4v) is 1.73. The summed E-state index contributed by atoms with van der Waals surface area (Å²) in [4.78, 5) is 13.6. The quantitative estimate of drug-likeness (QED) is 0.346. The lowest BCUT2D eigenvalue weighted by Crippen LogP contribution is -2.34. The zero-order chi connectivity index (χ0) is 15.8. The lowest BCUT2D eigenvalue weighted by molar-refractivity contribution is -0.132. The third-order valence-corrected chi connectivity index (χ3v) is 3.33. The van der Waals surface area contributed by atoms with Crippen LogP contribution in [0.4, 0.5) is 0 Å². The minimum Gasteiger partial charge on any atom is -0.484 e. The van der Waals surface area contributed by atoms with Gasteiger partial charge in [-0.1, -0.05) is 25.4 Å². The van der Waals surface area contributed by atoms with Gasteiger partial charge < -0.3 is 20.6 Å². The van der Waals surface area contributed by atoms with E-state index in [0.29, 0.717) is 17.2 Å². The summed E-state index contributed by atoms with van der Waals surface area (Å²) in [5.41, 5.74) is 6.05. The highest BCUT2D eigenvalue weighted by molar-refractivity contribution is 5.97. The molecule has 116 valence electrons. The summed E-state index contributed by atoms with van der Waals surface area (Å²) in [7, 11) is 1.78. The van der Waals surface area contributed by atoms with Crippen LogP contribution >= 0.6 is 0 Å². The van der Waals surface area contributed by atoms with Crippen molar-refractivity contribution < 1.29 is 14.7 Å². The Balaban J connectivity index is 2.49. The van der Waals surface area contributed by atoms with Gasteiger partial charge in [0.2, 0.25) is 0 Å². The maximum Gasteiger partial charge on any atom is 0.260 e. The van der Waals surface area contributed by atoms with E-state index in [9.17, 15) is 4.79 Å². The van der Waals surface area contributed by atoms with Crippen LogP contribution in [0, 0.1) is 5.92 Å². The van der Waals surface area contributed by atoms with E-state index >= 15 is 0 Å². The topological polar surface area (TPSA) is 88.2 Å². The molecule has 6 heteroatoms. The molecular formula is C15H23N3O3. The summed E-state index contributed by atoms with van der Waals surface area (Å²) < 4.78 is 5.44. The number of amides is 1. The maximum absolute atomic E-state index is 11.9. The Bertz CT molecular complexity index is 485. The van der Waals surface area contributed by atoms with E-state index in [1.54, 1.807) is 36.2 Å². The molecule has 21 heavy (non-hydrogen) atoms. The highest BCUT2D eigenvalue weighted by Crippen LogP contribution is 2.12. The van der Waals surface area contributed by atoms with Gasteiger partial charge in [-0.05, 0) is 30.2 Å². The molecule has 0 aliphatic heterocycles. The van der Waals surface area contributed by atoms with Gasteiger partial charge in [0.15, 0.2) is 12.4 Å². The van der Waals surface area contributed by atoms with Crippen LogP contribution < -0.4 is 10.5 Å². The van der Waals surface area contributed by atoms with E-state index in [-0.39, 0.29) is 18.3 Å². The predicted octanol–water partition coefficient (Wildman–Crippen LogP) is 1.66. The summed E-state index contributed by atoms with van der Waals surface area (Å²) in [6.45, 7) is 4.93. The Labute approximate surface area is 125 Å². The molecule has 0 saturated heterocycles. The SMILES string of the molecule is CCC(C)CN(C)C(=O)COc1ccc(/C(N)=N/O)cc1. The molecule has 0 fully saturated rings. The minimum atomic E-state index is -0.0594. The van der Waals surface area contributed by atoms with Gasteiger partial charge in [0.05, 0.1) is 0 Å². The monoisotopic (exact) mass is 293 g/mol. The summed E-state index contributed by atoms with van der Waals surface area (Å²) in [5.74, 6) is 1.01. The number of amidine groups is 1. The Kier molecular flexibility index (Phi) is 6.52. The second-order valence-electron chi connectivity index (χ2n) is 5.09. The molecule has 1 rings (SSSR count). The second-order valence-corrected chi connectivity index (χ2v) is 5.09. The zero-order valence-electron chi connectivity index (χ0n) is 12.7. The number of oxime groups is 1. The molecule has 1 unspecified atom stereocenters. The number of likely N-dealkylation sites (N-methyl/N-ethyl adjacent to an activating group) is 1. The van der Waals surface area contributed by atoms with Gasteiger partial charge in [-0.3, -0.25) is 4.79 Å². The van der Waals surface area contributed by atoms with Gasteiger partial charge in [-0.2, -0.15) is 0 Å². The number of rotatable bonds is 7. The van der Waals surface area contributed by atoms with Gasteiger partial charge in [-0.25, -0.2) is 0 Å². The average molecular weight is 293 g/mol. The summed E-state index contributed by atoms with van der Waals surface area (Å²) in [5, 5.41) is 11.5. The molecule has 0 radical (unpaired) electrons. The van der Waals surface area contributed by atoms with Crippen LogP contribution in [0.5, 0.6) is 5.75 Å². The lowest BCUT2D eigenvalue weighted by atomic mass is 10.1. The normalized spacial score (nSPS) is 12.8. The number of hydrogen-bond donors (Lipinski definition) is 2. The molecule has 1 aromatic carbocycles. The molecule has 0 saturated carbocycles. The molecule has 3 N–H and O–H groups in total. The molecule has 0 aromatic heterocycles. The Hall–Kier alpha value is -2.24. The van der Waals surface area contributed by atoms with E-state index in [4.69, 9.17) is 15.7 Å². The molecule has 0 bridgehead atoms. The number of carbonyl (C=O) groups is 1. The molecule has 1 amide bonds. The first-order valence-electron chi connectivity index (χ1n) is 6.92. The fourth-order valence-electron chi connectivity index (χ4n) is 1.73. The minimum absolute atomic E-state index is 0.00411. The second kappa shape index (κ2) is 8.14. The van der Waals surface area contributed by atoms with Crippen molar-refractivity contribution in [2.24, 2.45) is 16.8 Å². The average Bonchev–Trinajstić information content (AvgIpc) is 2.51. The largest absolute Gasteiger partial charge is 0.484 e. The van der Waals surface area contributed by atoms with E-state index < -0.39 is 0 Å². The predicted molar refractivity (Wildman–Crippen MR) is 81.5 cm³/mol. The molecule has 0 aliphatic rings. The number of ether oxygens (including phenoxy) is 1. The number of benzene rings is 1. The van der Waals surface area contributed by atoms with Crippen molar-refractivity contribution >= 4 is 11.7 Å². The van der Waals surface area contributed by atoms with Crippen LogP contribution in [0.3, 0.4) is 0 Å². The van der Waals surface area contributed by atoms with E-state index in [2.05, 4.69) is 19.0 Å². The number of carbonyl (C=O) groups excluding carboxylic acids is 1. The third kappa shape index (κ3) is 5.33. The van der Waals surface area contributed by atoms with Crippen LogP contribution in [0.2, 0.25) is 0 Å². The number of nitrogens with two attached hydrogens (primary N) is 1. The van der Waals surface area contributed by atoms with Crippen LogP contribution in [-0.2, 0) is 4.79 Å². The van der Waals surface area contributed by atoms with Crippen molar-refractivity contribution in [1.82, 2.24) is 4.90 Å². The highest BCUT2D eigenvalue weighted by Gasteiger charge is 2.12. The molecular weight excluding hydrogens is 270 g/mol. The maximum atomic E-state index is 11.9. The van der Waals surface area contributed by atoms with Crippen molar-refractivity contribution in [2.75, 3.05) is 20.2 Å². The van der Waals surface area contributed by atoms with Gasteiger partial charge in [0.25, 0.3) is 5.91 Å². The summed E-state index contributed by atoms with van der Waals surface area (Å²) in [6.07, 6.45) is 1.04. The van der Waals surface area contributed by atoms with Gasteiger partial charge in [0, 0.05) is 19.2 Å². The van der Waals surface area contributed by atoms with Crippen molar-refractivity contribution in [3.05, 3.63) is 29.8 Å². The fraction of sp³-hybridized carbons (Fsp3) is 0.467. The highest BCUT2D eigenvalue weighted by atomic mass is 16.5. The molecule has 1 aromatic rings. The van der Waals surface area contributed by atoms with Crippen LogP contribution in [0.25, 0.3) is 0 Å². The van der Waals surface area contributed by atoms with Crippen LogP contribution in [-0.4, -0.2) is 42.0 Å². The Morgan fingerprint density at radius 3 is 2.57 bits per heavy atom. The van der Waals surface area contributed by atoms with Crippen molar-refractivity contribution in [3.8, 4) is 5.75 Å². The molecule has 0 aliphatic carbocycles. The first-order valence-corrected chi connectivity index (χ1v) is 6.92. The molecule has 0 heterocycles. The standard InChI is InChI=1S/C15H23N3O3/c1-4-11(2)9-18(3)14(19)10-21-13-7-5-12(6-8-13)15(16)17-20/h5-8,11,20H,4,9-10H2,1-3H3,(H2,16,17). The smallest absolute Gasteiger partial charge is 0.260 e. The van der Waals surface area contributed by atoms with Crippen LogP contribution in [0.15, 0.2) is 29.4 Å². The van der Waals surface area contributed by atoms with E-state index in [1.165, 1.54) is 0 Å². The van der Waals surface area contributed by atoms with Gasteiger partial charge >= 0.3 is 0 Å². The zero-order valence-corrected chi connectivity index (χ0v) is 12.7. The molecule has 6 nitrogen and oxygen atoms in total. The molecule has 0 spiro atoms. The van der Waals surface area contributed by atoms with Crippen molar-refractivity contribution in [1.29, 1.82) is 0 Å². The van der Waals surface area contributed by atoms with Crippen molar-refractivity contribution in [3.63, 3.8) is 0 Å². The molecule has 1 atom stereocenters. The Morgan fingerprint density at radius 2 is 2.05 bits per heavy atom. The van der Waals surface area contributed by atoms with Gasteiger partial charge in [0.1, 0.15) is 5.75 Å². The van der Waals surface area contributed by atoms with Crippen LogP contribution in [0.1, 0.15) is 25.8 Å².